The first-order valence-corrected chi connectivity index (χ1v) is 7.31. The Labute approximate surface area is 110 Å². The summed E-state index contributed by atoms with van der Waals surface area (Å²) in [5.41, 5.74) is 0. The number of sulfonamides is 1. The summed E-state index contributed by atoms with van der Waals surface area (Å²) >= 11 is 3.25. The van der Waals surface area contributed by atoms with Crippen LogP contribution in [0.5, 0.6) is 0 Å². The molecule has 0 heterocycles. The molecular formula is C11H14BrNO3S. The minimum absolute atomic E-state index is 0.255. The highest BCUT2D eigenvalue weighted by atomic mass is 79.9. The summed E-state index contributed by atoms with van der Waals surface area (Å²) in [5.74, 6) is 0. The van der Waals surface area contributed by atoms with Crippen LogP contribution in [0, 0.1) is 0 Å². The van der Waals surface area contributed by atoms with Crippen LogP contribution in [0.2, 0.25) is 0 Å². The van der Waals surface area contributed by atoms with Crippen LogP contribution in [0.4, 0.5) is 0 Å². The van der Waals surface area contributed by atoms with Crippen LogP contribution in [-0.4, -0.2) is 21.6 Å². The van der Waals surface area contributed by atoms with Gasteiger partial charge in [-0.15, -0.1) is 0 Å². The second-order valence-electron chi connectivity index (χ2n) is 3.24. The van der Waals surface area contributed by atoms with Crippen molar-refractivity contribution in [1.29, 1.82) is 0 Å². The summed E-state index contributed by atoms with van der Waals surface area (Å²) in [4.78, 5) is 0.255. The first-order valence-electron chi connectivity index (χ1n) is 5.04. The number of hydrogen-bond acceptors (Lipinski definition) is 3. The molecule has 0 radical (unpaired) electrons. The van der Waals surface area contributed by atoms with Gasteiger partial charge in [0.25, 0.3) is 0 Å². The lowest BCUT2D eigenvalue weighted by molar-refractivity contribution is 0.247. The molecule has 0 aliphatic carbocycles. The predicted molar refractivity (Wildman–Crippen MR) is 70.1 cm³/mol. The maximum atomic E-state index is 11.8. The molecule has 0 saturated heterocycles. The number of rotatable bonds is 7. The van der Waals surface area contributed by atoms with E-state index in [1.807, 2.05) is 0 Å². The molecule has 1 rings (SSSR count). The smallest absolute Gasteiger partial charge is 0.240 e. The van der Waals surface area contributed by atoms with E-state index >= 15 is 0 Å². The standard InChI is InChI=1S/C11H14BrNO3S/c1-2-16-9-3-8-13-17(14,15)11-6-4-10(12)5-7-11/h2,4-7,13H,1,3,8-9H2. The van der Waals surface area contributed by atoms with Gasteiger partial charge < -0.3 is 4.74 Å². The summed E-state index contributed by atoms with van der Waals surface area (Å²) in [6, 6.07) is 6.48. The highest BCUT2D eigenvalue weighted by Gasteiger charge is 2.12. The number of hydrogen-bond donors (Lipinski definition) is 1. The molecule has 0 aromatic heterocycles. The van der Waals surface area contributed by atoms with Gasteiger partial charge in [-0.05, 0) is 30.7 Å². The van der Waals surface area contributed by atoms with Crippen molar-refractivity contribution in [1.82, 2.24) is 4.72 Å². The SMILES string of the molecule is C=COCCCNS(=O)(=O)c1ccc(Br)cc1. The van der Waals surface area contributed by atoms with Crippen molar-refractivity contribution in [3.63, 3.8) is 0 Å². The van der Waals surface area contributed by atoms with E-state index in [9.17, 15) is 8.42 Å². The van der Waals surface area contributed by atoms with Crippen molar-refractivity contribution >= 4 is 26.0 Å². The fourth-order valence-electron chi connectivity index (χ4n) is 1.14. The molecule has 0 unspecified atom stereocenters. The van der Waals surface area contributed by atoms with Gasteiger partial charge in [0.15, 0.2) is 0 Å². The second kappa shape index (κ2) is 6.78. The Morgan fingerprint density at radius 3 is 2.59 bits per heavy atom. The van der Waals surface area contributed by atoms with Gasteiger partial charge >= 0.3 is 0 Å². The Kier molecular flexibility index (Phi) is 5.67. The maximum absolute atomic E-state index is 11.8. The van der Waals surface area contributed by atoms with Gasteiger partial charge in [-0.2, -0.15) is 0 Å². The van der Waals surface area contributed by atoms with E-state index in [1.54, 1.807) is 24.3 Å². The van der Waals surface area contributed by atoms with Crippen molar-refractivity contribution in [2.24, 2.45) is 0 Å². The lowest BCUT2D eigenvalue weighted by Gasteiger charge is -2.06. The number of benzene rings is 1. The molecule has 0 amide bonds. The van der Waals surface area contributed by atoms with Crippen LogP contribution in [-0.2, 0) is 14.8 Å². The summed E-state index contributed by atoms with van der Waals surface area (Å²) in [6.45, 7) is 4.19. The molecule has 4 nitrogen and oxygen atoms in total. The molecule has 0 spiro atoms. The average molecular weight is 320 g/mol. The zero-order valence-electron chi connectivity index (χ0n) is 9.23. The molecule has 1 N–H and O–H groups in total. The fraction of sp³-hybridized carbons (Fsp3) is 0.273. The Hall–Kier alpha value is -0.850. The average Bonchev–Trinajstić information content (AvgIpc) is 2.29. The molecule has 0 bridgehead atoms. The topological polar surface area (TPSA) is 55.4 Å². The van der Waals surface area contributed by atoms with Crippen molar-refractivity contribution in [2.75, 3.05) is 13.2 Å². The highest BCUT2D eigenvalue weighted by molar-refractivity contribution is 9.10. The Morgan fingerprint density at radius 1 is 1.35 bits per heavy atom. The zero-order valence-corrected chi connectivity index (χ0v) is 11.6. The first-order chi connectivity index (χ1) is 8.06. The van der Waals surface area contributed by atoms with E-state index in [1.165, 1.54) is 6.26 Å². The third-order valence-electron chi connectivity index (χ3n) is 1.97. The number of nitrogens with one attached hydrogen (secondary N) is 1. The molecule has 6 heteroatoms. The Balaban J connectivity index is 2.51. The van der Waals surface area contributed by atoms with Crippen LogP contribution in [0.25, 0.3) is 0 Å². The Morgan fingerprint density at radius 2 is 2.00 bits per heavy atom. The summed E-state index contributed by atoms with van der Waals surface area (Å²) in [5, 5.41) is 0. The second-order valence-corrected chi connectivity index (χ2v) is 5.93. The van der Waals surface area contributed by atoms with Crippen molar-refractivity contribution in [3.05, 3.63) is 41.6 Å². The van der Waals surface area contributed by atoms with E-state index in [0.29, 0.717) is 19.6 Å². The molecule has 1 aromatic carbocycles. The third kappa shape index (κ3) is 4.89. The largest absolute Gasteiger partial charge is 0.502 e. The molecular weight excluding hydrogens is 306 g/mol. The van der Waals surface area contributed by atoms with Crippen molar-refractivity contribution in [3.8, 4) is 0 Å². The summed E-state index contributed by atoms with van der Waals surface area (Å²) in [7, 11) is -3.42. The highest BCUT2D eigenvalue weighted by Crippen LogP contribution is 2.14. The van der Waals surface area contributed by atoms with Crippen LogP contribution in [0.3, 0.4) is 0 Å². The van der Waals surface area contributed by atoms with Gasteiger partial charge in [0.05, 0.1) is 17.8 Å². The van der Waals surface area contributed by atoms with E-state index < -0.39 is 10.0 Å². The third-order valence-corrected chi connectivity index (χ3v) is 3.98. The maximum Gasteiger partial charge on any atom is 0.240 e. The van der Waals surface area contributed by atoms with Gasteiger partial charge in [0.2, 0.25) is 10.0 Å². The molecule has 0 fully saturated rings. The van der Waals surface area contributed by atoms with Crippen LogP contribution in [0.15, 0.2) is 46.5 Å². The fourth-order valence-corrected chi connectivity index (χ4v) is 2.48. The van der Waals surface area contributed by atoms with Gasteiger partial charge in [-0.3, -0.25) is 0 Å². The van der Waals surface area contributed by atoms with E-state index in [4.69, 9.17) is 4.74 Å². The van der Waals surface area contributed by atoms with E-state index in [2.05, 4.69) is 27.2 Å². The normalized spacial score (nSPS) is 11.1. The van der Waals surface area contributed by atoms with Crippen LogP contribution in [0.1, 0.15) is 6.42 Å². The molecule has 0 saturated carbocycles. The van der Waals surface area contributed by atoms with Gasteiger partial charge in [-0.25, -0.2) is 13.1 Å². The van der Waals surface area contributed by atoms with E-state index in [0.717, 1.165) is 4.47 Å². The zero-order chi connectivity index (χ0) is 12.7. The predicted octanol–water partition coefficient (Wildman–Crippen LogP) is 2.28. The molecule has 0 aliphatic rings. The van der Waals surface area contributed by atoms with Crippen LogP contribution < -0.4 is 4.72 Å². The minimum Gasteiger partial charge on any atom is -0.502 e. The quantitative estimate of drug-likeness (QED) is 0.619. The lowest BCUT2D eigenvalue weighted by Crippen LogP contribution is -2.25. The van der Waals surface area contributed by atoms with E-state index in [-0.39, 0.29) is 4.90 Å². The van der Waals surface area contributed by atoms with Gasteiger partial charge in [-0.1, -0.05) is 22.5 Å². The van der Waals surface area contributed by atoms with Gasteiger partial charge in [0.1, 0.15) is 0 Å². The summed E-state index contributed by atoms with van der Waals surface area (Å²) < 4.78 is 31.8. The van der Waals surface area contributed by atoms with Crippen LogP contribution >= 0.6 is 15.9 Å². The number of ether oxygens (including phenoxy) is 1. The Bertz CT molecular complexity index is 456. The molecule has 94 valence electrons. The summed E-state index contributed by atoms with van der Waals surface area (Å²) in [6.07, 6.45) is 1.94. The molecule has 0 atom stereocenters. The van der Waals surface area contributed by atoms with Crippen molar-refractivity contribution in [2.45, 2.75) is 11.3 Å². The van der Waals surface area contributed by atoms with Gasteiger partial charge in [0, 0.05) is 11.0 Å². The van der Waals surface area contributed by atoms with Crippen molar-refractivity contribution < 1.29 is 13.2 Å². The molecule has 17 heavy (non-hydrogen) atoms. The lowest BCUT2D eigenvalue weighted by atomic mass is 10.4. The molecule has 0 aliphatic heterocycles. The minimum atomic E-state index is -3.42. The monoisotopic (exact) mass is 319 g/mol. The molecule has 1 aromatic rings. The number of halogens is 1. The first kappa shape index (κ1) is 14.2.